The van der Waals surface area contributed by atoms with Crippen molar-refractivity contribution >= 4 is 75.1 Å². The normalized spacial score (nSPS) is 22.4. The number of rotatable bonds is 23. The molecule has 2 aromatic heterocycles. The number of nitrogen functional groups attached to an aromatic ring is 1. The van der Waals surface area contributed by atoms with Gasteiger partial charge in [-0.25, -0.2) is 33.0 Å². The van der Waals surface area contributed by atoms with Crippen LogP contribution >= 0.6 is 35.2 Å². The second kappa shape index (κ2) is 20.5. The van der Waals surface area contributed by atoms with E-state index in [0.29, 0.717) is 11.8 Å². The number of carbonyl (C=O) groups excluding carboxylic acids is 3. The minimum absolute atomic E-state index is 0.0110. The van der Waals surface area contributed by atoms with Gasteiger partial charge in [-0.2, -0.15) is 4.31 Å². The average Bonchev–Trinajstić information content (AvgIpc) is 3.66. The van der Waals surface area contributed by atoms with Gasteiger partial charge in [-0.3, -0.25) is 37.3 Å². The summed E-state index contributed by atoms with van der Waals surface area (Å²) in [4.78, 5) is 98.7. The number of phosphoric acid groups is 3. The summed E-state index contributed by atoms with van der Waals surface area (Å²) in [5, 5.41) is 34.4. The number of phosphoric ester groups is 3. The van der Waals surface area contributed by atoms with Crippen LogP contribution in [0.25, 0.3) is 11.2 Å². The summed E-state index contributed by atoms with van der Waals surface area (Å²) in [6, 6.07) is 0. The standard InChI is InChI=1S/C27H43FN7O19P3S/c1-13(28)8-14(25(40)41)26(42)58-7-6-30-16(36)4-5-31-23(39)20(38)27(2,3)10-51-57(48,49)54-56(46,47)50-9-15-19(53-55(43,44)45)18(37)24(52-15)35-12-34-17-21(29)32-11-33-22(17)35/h11-15,18-20,24,37-38H,4-10H2,1-3H3,(H,30,36)(H,31,39)(H,40,41)(H,46,47)(H,48,49)(H2,29,32,33)(H2,43,44,45)/t13?,14?,15-,18-,19-,20+,24-/m1/s1. The Labute approximate surface area is 331 Å². The minimum atomic E-state index is -5.61. The van der Waals surface area contributed by atoms with Crippen molar-refractivity contribution in [2.45, 2.75) is 70.4 Å². The number of imidazole rings is 1. The average molecular weight is 914 g/mol. The van der Waals surface area contributed by atoms with E-state index in [1.54, 1.807) is 0 Å². The first-order valence-corrected chi connectivity index (χ1v) is 22.2. The number of nitrogens with two attached hydrogens (primary N) is 1. The Hall–Kier alpha value is -3.04. The van der Waals surface area contributed by atoms with Gasteiger partial charge in [0.15, 0.2) is 17.7 Å². The van der Waals surface area contributed by atoms with Crippen LogP contribution in [-0.2, 0) is 55.5 Å². The Kier molecular flexibility index (Phi) is 17.4. The third-order valence-corrected chi connectivity index (χ3v) is 12.0. The lowest BCUT2D eigenvalue weighted by Crippen LogP contribution is -2.46. The molecule has 31 heteroatoms. The number of thioether (sulfide) groups is 1. The topological polar surface area (TPSA) is 401 Å². The van der Waals surface area contributed by atoms with Crippen molar-refractivity contribution in [3.05, 3.63) is 12.7 Å². The molecule has 0 bridgehead atoms. The van der Waals surface area contributed by atoms with E-state index in [1.165, 1.54) is 13.8 Å². The van der Waals surface area contributed by atoms with Gasteiger partial charge in [-0.15, -0.1) is 0 Å². The van der Waals surface area contributed by atoms with Crippen molar-refractivity contribution in [2.75, 3.05) is 37.8 Å². The second-order valence-electron chi connectivity index (χ2n) is 13.1. The number of nitrogens with zero attached hydrogens (tertiary/aromatic N) is 4. The van der Waals surface area contributed by atoms with E-state index in [-0.39, 0.29) is 42.2 Å². The molecule has 3 rings (SSSR count). The monoisotopic (exact) mass is 913 g/mol. The Bertz CT molecular complexity index is 1940. The van der Waals surface area contributed by atoms with Gasteiger partial charge in [-0.1, -0.05) is 25.6 Å². The van der Waals surface area contributed by atoms with Crippen LogP contribution in [0.3, 0.4) is 0 Å². The zero-order valence-electron chi connectivity index (χ0n) is 30.7. The Morgan fingerprint density at radius 1 is 1.07 bits per heavy atom. The molecule has 9 atom stereocenters. The van der Waals surface area contributed by atoms with Crippen LogP contribution in [0.15, 0.2) is 12.7 Å². The van der Waals surface area contributed by atoms with E-state index in [9.17, 15) is 67.1 Å². The van der Waals surface area contributed by atoms with Gasteiger partial charge in [0.2, 0.25) is 16.9 Å². The summed E-state index contributed by atoms with van der Waals surface area (Å²) >= 11 is 0.601. The van der Waals surface area contributed by atoms with Gasteiger partial charge >= 0.3 is 29.4 Å². The molecule has 1 saturated heterocycles. The number of nitrogens with one attached hydrogen (secondary N) is 2. The van der Waals surface area contributed by atoms with Gasteiger partial charge in [-0.05, 0) is 13.3 Å². The molecule has 0 aliphatic carbocycles. The fraction of sp³-hybridized carbons (Fsp3) is 0.667. The summed E-state index contributed by atoms with van der Waals surface area (Å²) in [7, 11) is -16.5. The van der Waals surface area contributed by atoms with E-state index in [4.69, 9.17) is 24.6 Å². The lowest BCUT2D eigenvalue weighted by Gasteiger charge is -2.30. The first-order chi connectivity index (χ1) is 26.7. The molecule has 1 aliphatic rings. The molecule has 2 aromatic rings. The number of halogens is 1. The molecular weight excluding hydrogens is 870 g/mol. The number of carboxylic acid groups (broad SMARTS) is 1. The van der Waals surface area contributed by atoms with Crippen molar-refractivity contribution in [3.63, 3.8) is 0 Å². The molecule has 0 saturated carbocycles. The van der Waals surface area contributed by atoms with Gasteiger partial charge in [0.1, 0.15) is 42.2 Å². The van der Waals surface area contributed by atoms with Crippen molar-refractivity contribution in [2.24, 2.45) is 11.3 Å². The maximum Gasteiger partial charge on any atom is 0.481 e. The SMILES string of the molecule is CC(F)CC(C(=O)O)C(=O)SCCNC(=O)CCNC(=O)[C@H](O)C(C)(C)COP(=O)(O)OP(=O)(O)OC[C@H]1O[C@@H](n2cnc3c(N)ncnc32)[C@H](O)[C@@H]1OP(=O)(O)O. The van der Waals surface area contributed by atoms with E-state index in [1.807, 2.05) is 0 Å². The van der Waals surface area contributed by atoms with Crippen molar-refractivity contribution in [1.82, 2.24) is 30.2 Å². The fourth-order valence-electron chi connectivity index (χ4n) is 5.01. The van der Waals surface area contributed by atoms with Crippen molar-refractivity contribution in [3.8, 4) is 0 Å². The molecule has 1 fully saturated rings. The zero-order chi connectivity index (χ0) is 43.8. The summed E-state index contributed by atoms with van der Waals surface area (Å²) in [5.41, 5.74) is 4.15. The quantitative estimate of drug-likeness (QED) is 0.0367. The lowest BCUT2D eigenvalue weighted by atomic mass is 9.87. The van der Waals surface area contributed by atoms with Crippen molar-refractivity contribution < 1.29 is 94.8 Å². The number of amides is 2. The smallest absolute Gasteiger partial charge is 0.481 e. The number of hydrogen-bond donors (Lipinski definition) is 10. The van der Waals surface area contributed by atoms with Crippen LogP contribution in [0.5, 0.6) is 0 Å². The number of fused-ring (bicyclic) bond motifs is 1. The number of aliphatic carboxylic acids is 1. The molecule has 0 spiro atoms. The highest BCUT2D eigenvalue weighted by atomic mass is 32.2. The Balaban J connectivity index is 1.48. The van der Waals surface area contributed by atoms with Crippen LogP contribution in [0.1, 0.15) is 39.8 Å². The number of aliphatic hydroxyl groups is 2. The summed E-state index contributed by atoms with van der Waals surface area (Å²) in [6.07, 6.45) is -9.27. The van der Waals surface area contributed by atoms with E-state index in [0.717, 1.165) is 24.1 Å². The first-order valence-electron chi connectivity index (χ1n) is 16.7. The number of carboxylic acids is 1. The van der Waals surface area contributed by atoms with Crippen LogP contribution < -0.4 is 16.4 Å². The number of aromatic nitrogens is 4. The number of anilines is 1. The highest BCUT2D eigenvalue weighted by Gasteiger charge is 2.50. The Morgan fingerprint density at radius 2 is 1.72 bits per heavy atom. The van der Waals surface area contributed by atoms with E-state index in [2.05, 4.69) is 34.4 Å². The van der Waals surface area contributed by atoms with Crippen molar-refractivity contribution in [1.29, 1.82) is 0 Å². The van der Waals surface area contributed by atoms with E-state index < -0.39 is 114 Å². The molecule has 3 heterocycles. The van der Waals surface area contributed by atoms with Crippen LogP contribution in [0.4, 0.5) is 10.2 Å². The number of carbonyl (C=O) groups is 4. The van der Waals surface area contributed by atoms with Crippen LogP contribution in [0, 0.1) is 11.3 Å². The minimum Gasteiger partial charge on any atom is -0.481 e. The maximum atomic E-state index is 13.2. The van der Waals surface area contributed by atoms with Crippen LogP contribution in [0.2, 0.25) is 0 Å². The summed E-state index contributed by atoms with van der Waals surface area (Å²) < 4.78 is 75.1. The molecule has 0 aromatic carbocycles. The number of alkyl halides is 1. The molecule has 0 radical (unpaired) electrons. The zero-order valence-corrected chi connectivity index (χ0v) is 34.2. The third-order valence-electron chi connectivity index (χ3n) is 7.89. The van der Waals surface area contributed by atoms with Gasteiger partial charge in [0.25, 0.3) is 0 Å². The highest BCUT2D eigenvalue weighted by Crippen LogP contribution is 2.61. The Morgan fingerprint density at radius 3 is 2.34 bits per heavy atom. The number of hydrogen-bond acceptors (Lipinski definition) is 19. The van der Waals surface area contributed by atoms with Gasteiger partial charge in [0, 0.05) is 30.7 Å². The van der Waals surface area contributed by atoms with Gasteiger partial charge in [0.05, 0.1) is 25.7 Å². The highest BCUT2D eigenvalue weighted by molar-refractivity contribution is 8.13. The molecule has 1 aliphatic heterocycles. The lowest BCUT2D eigenvalue weighted by molar-refractivity contribution is -0.145. The molecule has 11 N–H and O–H groups in total. The summed E-state index contributed by atoms with van der Waals surface area (Å²) in [5.74, 6) is -4.75. The molecule has 26 nitrogen and oxygen atoms in total. The number of aliphatic hydroxyl groups excluding tert-OH is 2. The van der Waals surface area contributed by atoms with Crippen LogP contribution in [-0.4, -0.2) is 140 Å². The largest absolute Gasteiger partial charge is 0.481 e. The first kappa shape index (κ1) is 49.3. The van der Waals surface area contributed by atoms with Gasteiger partial charge < -0.3 is 56.0 Å². The predicted octanol–water partition coefficient (Wildman–Crippen LogP) is -0.886. The molecule has 328 valence electrons. The number of ether oxygens (including phenoxy) is 1. The van der Waals surface area contributed by atoms with E-state index >= 15 is 0 Å². The molecule has 4 unspecified atom stereocenters. The molecular formula is C27H43FN7O19P3S. The molecule has 58 heavy (non-hydrogen) atoms. The second-order valence-corrected chi connectivity index (χ2v) is 18.5. The molecule has 2 amide bonds. The maximum absolute atomic E-state index is 13.2. The predicted molar refractivity (Wildman–Crippen MR) is 193 cm³/mol. The fourth-order valence-corrected chi connectivity index (χ4v) is 8.64. The third kappa shape index (κ3) is 14.6. The summed E-state index contributed by atoms with van der Waals surface area (Å²) in [6.45, 7) is 1.04.